The Labute approximate surface area is 190 Å². The van der Waals surface area contributed by atoms with Gasteiger partial charge in [0.25, 0.3) is 0 Å². The number of nitrogen functional groups attached to an aromatic ring is 1. The molecule has 32 heavy (non-hydrogen) atoms. The quantitative estimate of drug-likeness (QED) is 0.468. The molecule has 8 heteroatoms. The monoisotopic (exact) mass is 445 g/mol. The van der Waals surface area contributed by atoms with Crippen molar-refractivity contribution in [1.29, 1.82) is 0 Å². The lowest BCUT2D eigenvalue weighted by atomic mass is 10.1. The highest BCUT2D eigenvalue weighted by atomic mass is 32.1. The Bertz CT molecular complexity index is 1240. The number of aromatic nitrogens is 3. The molecule has 0 atom stereocenters. The summed E-state index contributed by atoms with van der Waals surface area (Å²) in [5.74, 6) is 0.127. The number of thiazole rings is 1. The zero-order valence-corrected chi connectivity index (χ0v) is 18.5. The molecule has 5 rings (SSSR count). The van der Waals surface area contributed by atoms with Gasteiger partial charge in [-0.3, -0.25) is 9.36 Å². The molecule has 0 aliphatic carbocycles. The first-order chi connectivity index (χ1) is 15.6. The van der Waals surface area contributed by atoms with E-state index < -0.39 is 0 Å². The Balaban J connectivity index is 1.61. The molecule has 3 heterocycles. The summed E-state index contributed by atoms with van der Waals surface area (Å²) in [5, 5.41) is 0.824. The number of ketones is 1. The fourth-order valence-electron chi connectivity index (χ4n) is 3.75. The van der Waals surface area contributed by atoms with Gasteiger partial charge in [-0.15, -0.1) is 0 Å². The molecule has 1 aliphatic rings. The Hall–Kier alpha value is -3.49. The third-order valence-corrected chi connectivity index (χ3v) is 6.58. The van der Waals surface area contributed by atoms with Gasteiger partial charge in [0.15, 0.2) is 5.13 Å². The predicted molar refractivity (Wildman–Crippen MR) is 127 cm³/mol. The molecule has 7 nitrogen and oxygen atoms in total. The molecule has 0 spiro atoms. The van der Waals surface area contributed by atoms with Crippen LogP contribution in [0.5, 0.6) is 0 Å². The molecule has 4 aromatic rings. The highest BCUT2D eigenvalue weighted by Crippen LogP contribution is 2.35. The molecular weight excluding hydrogens is 422 g/mol. The smallest absolute Gasteiger partial charge is 0.223 e. The normalized spacial score (nSPS) is 14.0. The lowest BCUT2D eigenvalue weighted by Crippen LogP contribution is -2.36. The van der Waals surface area contributed by atoms with Crippen molar-refractivity contribution >= 4 is 28.2 Å². The predicted octanol–water partition coefficient (Wildman–Crippen LogP) is 3.95. The number of hydrogen-bond acceptors (Lipinski definition) is 7. The van der Waals surface area contributed by atoms with Gasteiger partial charge >= 0.3 is 0 Å². The first-order valence-electron chi connectivity index (χ1n) is 10.5. The molecule has 0 amide bonds. The summed E-state index contributed by atoms with van der Waals surface area (Å²) in [6.07, 6.45) is 1.54. The van der Waals surface area contributed by atoms with Crippen LogP contribution >= 0.6 is 11.3 Å². The van der Waals surface area contributed by atoms with Crippen LogP contribution in [0, 0.1) is 6.92 Å². The molecule has 0 radical (unpaired) electrons. The van der Waals surface area contributed by atoms with Gasteiger partial charge in [0, 0.05) is 24.3 Å². The van der Waals surface area contributed by atoms with Crippen molar-refractivity contribution in [2.24, 2.45) is 0 Å². The zero-order chi connectivity index (χ0) is 22.1. The summed E-state index contributed by atoms with van der Waals surface area (Å²) in [7, 11) is 0. The molecule has 1 fully saturated rings. The number of anilines is 2. The minimum absolute atomic E-state index is 0.148. The first-order valence-corrected chi connectivity index (χ1v) is 11.3. The summed E-state index contributed by atoms with van der Waals surface area (Å²) in [4.78, 5) is 25.7. The van der Waals surface area contributed by atoms with E-state index >= 15 is 0 Å². The molecule has 0 saturated carbocycles. The van der Waals surface area contributed by atoms with Crippen molar-refractivity contribution in [1.82, 2.24) is 14.5 Å². The molecule has 2 aromatic heterocycles. The van der Waals surface area contributed by atoms with E-state index in [1.54, 1.807) is 10.8 Å². The van der Waals surface area contributed by atoms with Crippen molar-refractivity contribution in [2.75, 3.05) is 36.9 Å². The molecule has 162 valence electrons. The summed E-state index contributed by atoms with van der Waals surface area (Å²) >= 11 is 1.41. The number of carbonyl (C=O) groups excluding carboxylic acids is 1. The lowest BCUT2D eigenvalue weighted by molar-refractivity contribution is 0.103. The van der Waals surface area contributed by atoms with Crippen LogP contribution in [0.3, 0.4) is 0 Å². The summed E-state index contributed by atoms with van der Waals surface area (Å²) < 4.78 is 7.18. The fraction of sp³-hybridized carbons (Fsp3) is 0.208. The molecule has 2 aromatic carbocycles. The summed E-state index contributed by atoms with van der Waals surface area (Å²) in [5.41, 5.74) is 10.1. The van der Waals surface area contributed by atoms with Crippen LogP contribution in [-0.4, -0.2) is 46.6 Å². The van der Waals surface area contributed by atoms with Crippen molar-refractivity contribution in [2.45, 2.75) is 6.92 Å². The Morgan fingerprint density at radius 3 is 2.50 bits per heavy atom. The maximum Gasteiger partial charge on any atom is 0.223 e. The molecule has 0 bridgehead atoms. The third kappa shape index (κ3) is 3.79. The van der Waals surface area contributed by atoms with Crippen LogP contribution < -0.4 is 10.6 Å². The third-order valence-electron chi connectivity index (χ3n) is 5.46. The lowest BCUT2D eigenvalue weighted by Gasteiger charge is -2.26. The van der Waals surface area contributed by atoms with Crippen molar-refractivity contribution in [3.63, 3.8) is 0 Å². The van der Waals surface area contributed by atoms with Crippen molar-refractivity contribution in [3.05, 3.63) is 76.9 Å². The van der Waals surface area contributed by atoms with Crippen LogP contribution in [-0.2, 0) is 4.74 Å². The van der Waals surface area contributed by atoms with Crippen molar-refractivity contribution in [3.8, 4) is 16.9 Å². The Morgan fingerprint density at radius 1 is 1.06 bits per heavy atom. The number of nitrogens with two attached hydrogens (primary N) is 1. The number of morpholine rings is 1. The second-order valence-corrected chi connectivity index (χ2v) is 8.62. The number of aryl methyl sites for hydroxylation is 1. The van der Waals surface area contributed by atoms with Gasteiger partial charge in [0.2, 0.25) is 11.7 Å². The van der Waals surface area contributed by atoms with Gasteiger partial charge in [-0.25, -0.2) is 9.97 Å². The van der Waals surface area contributed by atoms with Crippen molar-refractivity contribution < 1.29 is 9.53 Å². The summed E-state index contributed by atoms with van der Waals surface area (Å²) in [6, 6.07) is 17.7. The molecule has 0 unspecified atom stereocenters. The minimum Gasteiger partial charge on any atom is -0.378 e. The highest BCUT2D eigenvalue weighted by Gasteiger charge is 2.27. The van der Waals surface area contributed by atoms with Gasteiger partial charge in [0.1, 0.15) is 10.6 Å². The first kappa shape index (κ1) is 20.4. The standard InChI is InChI=1S/C24H23N5O2S/c1-16-7-9-18(10-8-16)29-19(15-26-23(29)25)21(30)22-20(17-5-3-2-4-6-17)27-24(32-22)28-11-13-31-14-12-28/h2-10,15H,11-14H2,1H3,(H2,25,26). The molecular formula is C24H23N5O2S. The van der Waals surface area contributed by atoms with E-state index in [1.807, 2.05) is 61.5 Å². The van der Waals surface area contributed by atoms with Crippen LogP contribution in [0.25, 0.3) is 16.9 Å². The minimum atomic E-state index is -0.148. The number of nitrogens with zero attached hydrogens (tertiary/aromatic N) is 4. The van der Waals surface area contributed by atoms with E-state index in [0.717, 1.165) is 35.0 Å². The maximum atomic E-state index is 13.8. The van der Waals surface area contributed by atoms with E-state index in [0.29, 0.717) is 29.5 Å². The number of hydrogen-bond donors (Lipinski definition) is 1. The second kappa shape index (κ2) is 8.57. The topological polar surface area (TPSA) is 86.3 Å². The van der Waals surface area contributed by atoms with E-state index in [2.05, 4.69) is 9.88 Å². The number of imidazole rings is 1. The van der Waals surface area contributed by atoms with Crippen LogP contribution in [0.1, 0.15) is 20.9 Å². The number of rotatable bonds is 5. The van der Waals surface area contributed by atoms with Gasteiger partial charge in [-0.1, -0.05) is 59.4 Å². The van der Waals surface area contributed by atoms with E-state index in [9.17, 15) is 4.79 Å². The van der Waals surface area contributed by atoms with Gasteiger partial charge < -0.3 is 15.4 Å². The Morgan fingerprint density at radius 2 is 1.78 bits per heavy atom. The molecule has 2 N–H and O–H groups in total. The van der Waals surface area contributed by atoms with Gasteiger partial charge in [0.05, 0.1) is 25.1 Å². The Kier molecular flexibility index (Phi) is 5.46. The average Bonchev–Trinajstić information content (AvgIpc) is 3.45. The van der Waals surface area contributed by atoms with Crippen LogP contribution in [0.2, 0.25) is 0 Å². The van der Waals surface area contributed by atoms with E-state index in [1.165, 1.54) is 11.3 Å². The largest absolute Gasteiger partial charge is 0.378 e. The highest BCUT2D eigenvalue weighted by molar-refractivity contribution is 7.18. The van der Waals surface area contributed by atoms with Crippen LogP contribution in [0.15, 0.2) is 60.8 Å². The molecule has 1 aliphatic heterocycles. The number of ether oxygens (including phenoxy) is 1. The number of carbonyl (C=O) groups is 1. The maximum absolute atomic E-state index is 13.8. The fourth-order valence-corrected chi connectivity index (χ4v) is 4.84. The molecule has 1 saturated heterocycles. The van der Waals surface area contributed by atoms with E-state index in [-0.39, 0.29) is 11.7 Å². The zero-order valence-electron chi connectivity index (χ0n) is 17.7. The second-order valence-electron chi connectivity index (χ2n) is 7.64. The summed E-state index contributed by atoms with van der Waals surface area (Å²) in [6.45, 7) is 4.83. The number of benzene rings is 2. The van der Waals surface area contributed by atoms with Gasteiger partial charge in [-0.05, 0) is 19.1 Å². The average molecular weight is 446 g/mol. The van der Waals surface area contributed by atoms with Crippen LogP contribution in [0.4, 0.5) is 11.1 Å². The SMILES string of the molecule is Cc1ccc(-n2c(C(=O)c3sc(N4CCOCC4)nc3-c3ccccc3)cnc2N)cc1. The van der Waals surface area contributed by atoms with Gasteiger partial charge in [-0.2, -0.15) is 0 Å². The van der Waals surface area contributed by atoms with E-state index in [4.69, 9.17) is 15.5 Å².